The summed E-state index contributed by atoms with van der Waals surface area (Å²) in [6, 6.07) is 14.6. The van der Waals surface area contributed by atoms with Gasteiger partial charge in [-0.05, 0) is 31.0 Å². The van der Waals surface area contributed by atoms with Crippen LogP contribution in [0.2, 0.25) is 0 Å². The van der Waals surface area contributed by atoms with Crippen LogP contribution in [-0.2, 0) is 14.3 Å². The Morgan fingerprint density at radius 2 is 1.77 bits per heavy atom. The number of carbonyl (C=O) groups excluding carboxylic acids is 2. The number of amides is 2. The number of fused-ring (bicyclic) bond motifs is 1. The molecule has 7 heteroatoms. The summed E-state index contributed by atoms with van der Waals surface area (Å²) in [7, 11) is 0. The van der Waals surface area contributed by atoms with E-state index in [1.807, 2.05) is 37.3 Å². The van der Waals surface area contributed by atoms with Crippen molar-refractivity contribution in [2.75, 3.05) is 38.3 Å². The molecular weight excluding hydrogens is 384 g/mol. The molecule has 2 aromatic rings. The average Bonchev–Trinajstić information content (AvgIpc) is 3.01. The molecule has 2 amide bonds. The number of rotatable bonds is 8. The van der Waals surface area contributed by atoms with Crippen molar-refractivity contribution in [1.29, 1.82) is 0 Å². The van der Waals surface area contributed by atoms with Crippen LogP contribution in [0, 0.1) is 0 Å². The summed E-state index contributed by atoms with van der Waals surface area (Å²) in [6.07, 6.45) is 0.588. The molecule has 0 saturated carbocycles. The van der Waals surface area contributed by atoms with E-state index in [0.717, 1.165) is 0 Å². The van der Waals surface area contributed by atoms with Gasteiger partial charge < -0.3 is 19.5 Å². The molecule has 0 saturated heterocycles. The minimum absolute atomic E-state index is 0.263. The molecule has 2 aliphatic rings. The standard InChI is InChI=1S/C23H24N2O5/c1-2-28-12-6-11-25-22(26)20(16-7-4-3-5-8-16)21(23(25)27)24-17-9-10-18-19(15-17)30-14-13-29-18/h3-5,7-10,15,24H,2,6,11-14H2,1H3. The zero-order valence-corrected chi connectivity index (χ0v) is 16.8. The van der Waals surface area contributed by atoms with Crippen molar-refractivity contribution in [2.24, 2.45) is 0 Å². The number of benzene rings is 2. The SMILES string of the molecule is CCOCCCN1C(=O)C(Nc2ccc3c(c2)OCCO3)=C(c2ccccc2)C1=O. The van der Waals surface area contributed by atoms with Crippen molar-refractivity contribution in [2.45, 2.75) is 13.3 Å². The monoisotopic (exact) mass is 408 g/mol. The fourth-order valence-electron chi connectivity index (χ4n) is 3.50. The lowest BCUT2D eigenvalue weighted by atomic mass is 10.0. The smallest absolute Gasteiger partial charge is 0.278 e. The van der Waals surface area contributed by atoms with Gasteiger partial charge in [0.05, 0.1) is 5.57 Å². The predicted octanol–water partition coefficient (Wildman–Crippen LogP) is 3.08. The number of hydrogen-bond acceptors (Lipinski definition) is 6. The third kappa shape index (κ3) is 4.02. The van der Waals surface area contributed by atoms with Gasteiger partial charge in [0.25, 0.3) is 11.8 Å². The van der Waals surface area contributed by atoms with Gasteiger partial charge in [-0.15, -0.1) is 0 Å². The molecule has 2 aliphatic heterocycles. The van der Waals surface area contributed by atoms with Crippen LogP contribution in [0.5, 0.6) is 11.5 Å². The summed E-state index contributed by atoms with van der Waals surface area (Å²) >= 11 is 0. The van der Waals surface area contributed by atoms with Gasteiger partial charge in [0.2, 0.25) is 0 Å². The summed E-state index contributed by atoms with van der Waals surface area (Å²) in [5, 5.41) is 3.15. The summed E-state index contributed by atoms with van der Waals surface area (Å²) in [5.41, 5.74) is 1.98. The highest BCUT2D eigenvalue weighted by Crippen LogP contribution is 2.35. The Balaban J connectivity index is 1.63. The first-order valence-corrected chi connectivity index (χ1v) is 10.1. The van der Waals surface area contributed by atoms with E-state index in [0.29, 0.717) is 67.7 Å². The molecule has 0 fully saturated rings. The molecule has 156 valence electrons. The van der Waals surface area contributed by atoms with Crippen molar-refractivity contribution in [1.82, 2.24) is 4.90 Å². The van der Waals surface area contributed by atoms with E-state index in [-0.39, 0.29) is 17.5 Å². The highest BCUT2D eigenvalue weighted by atomic mass is 16.6. The summed E-state index contributed by atoms with van der Waals surface area (Å²) in [5.74, 6) is 0.627. The minimum atomic E-state index is -0.342. The molecule has 0 spiro atoms. The second-order valence-electron chi connectivity index (χ2n) is 6.91. The van der Waals surface area contributed by atoms with Crippen LogP contribution in [0.4, 0.5) is 5.69 Å². The Morgan fingerprint density at radius 3 is 2.53 bits per heavy atom. The first-order chi connectivity index (χ1) is 14.7. The lowest BCUT2D eigenvalue weighted by Crippen LogP contribution is -2.34. The zero-order chi connectivity index (χ0) is 20.9. The highest BCUT2D eigenvalue weighted by molar-refractivity contribution is 6.36. The van der Waals surface area contributed by atoms with Gasteiger partial charge in [0, 0.05) is 31.5 Å². The molecule has 1 N–H and O–H groups in total. The predicted molar refractivity (Wildman–Crippen MR) is 112 cm³/mol. The van der Waals surface area contributed by atoms with Crippen LogP contribution in [0.1, 0.15) is 18.9 Å². The number of nitrogens with one attached hydrogen (secondary N) is 1. The van der Waals surface area contributed by atoms with Crippen molar-refractivity contribution < 1.29 is 23.8 Å². The van der Waals surface area contributed by atoms with Gasteiger partial charge in [0.15, 0.2) is 11.5 Å². The number of ether oxygens (including phenoxy) is 3. The molecule has 0 radical (unpaired) electrons. The van der Waals surface area contributed by atoms with E-state index in [9.17, 15) is 9.59 Å². The first kappa shape index (κ1) is 20.0. The van der Waals surface area contributed by atoms with E-state index in [2.05, 4.69) is 5.32 Å². The van der Waals surface area contributed by atoms with Crippen LogP contribution in [0.15, 0.2) is 54.2 Å². The van der Waals surface area contributed by atoms with E-state index < -0.39 is 0 Å². The number of imide groups is 1. The van der Waals surface area contributed by atoms with Crippen LogP contribution < -0.4 is 14.8 Å². The molecule has 0 aliphatic carbocycles. The fourth-order valence-corrected chi connectivity index (χ4v) is 3.50. The summed E-state index contributed by atoms with van der Waals surface area (Å²) in [6.45, 7) is 4.30. The molecule has 2 heterocycles. The molecule has 0 bridgehead atoms. The number of anilines is 1. The Kier molecular flexibility index (Phi) is 5.99. The Bertz CT molecular complexity index is 971. The topological polar surface area (TPSA) is 77.1 Å². The maximum atomic E-state index is 13.1. The van der Waals surface area contributed by atoms with E-state index >= 15 is 0 Å². The van der Waals surface area contributed by atoms with Crippen LogP contribution in [0.3, 0.4) is 0 Å². The summed E-state index contributed by atoms with van der Waals surface area (Å²) < 4.78 is 16.5. The zero-order valence-electron chi connectivity index (χ0n) is 16.8. The first-order valence-electron chi connectivity index (χ1n) is 10.1. The van der Waals surface area contributed by atoms with Gasteiger partial charge in [-0.1, -0.05) is 30.3 Å². The van der Waals surface area contributed by atoms with E-state index in [1.54, 1.807) is 18.2 Å². The molecule has 4 rings (SSSR count). The Morgan fingerprint density at radius 1 is 1.00 bits per heavy atom. The van der Waals surface area contributed by atoms with Crippen LogP contribution in [-0.4, -0.2) is 49.7 Å². The molecule has 0 aromatic heterocycles. The average molecular weight is 408 g/mol. The van der Waals surface area contributed by atoms with Gasteiger partial charge in [-0.3, -0.25) is 14.5 Å². The molecule has 0 atom stereocenters. The van der Waals surface area contributed by atoms with Gasteiger partial charge in [-0.2, -0.15) is 0 Å². The number of nitrogens with zero attached hydrogens (tertiary/aromatic N) is 1. The van der Waals surface area contributed by atoms with E-state index in [4.69, 9.17) is 14.2 Å². The number of hydrogen-bond donors (Lipinski definition) is 1. The van der Waals surface area contributed by atoms with Crippen molar-refractivity contribution in [3.8, 4) is 11.5 Å². The highest BCUT2D eigenvalue weighted by Gasteiger charge is 2.38. The van der Waals surface area contributed by atoms with Crippen molar-refractivity contribution >= 4 is 23.1 Å². The second-order valence-corrected chi connectivity index (χ2v) is 6.91. The third-order valence-electron chi connectivity index (χ3n) is 4.92. The third-order valence-corrected chi connectivity index (χ3v) is 4.92. The molecule has 7 nitrogen and oxygen atoms in total. The van der Waals surface area contributed by atoms with Gasteiger partial charge >= 0.3 is 0 Å². The van der Waals surface area contributed by atoms with Gasteiger partial charge in [0.1, 0.15) is 18.9 Å². The molecule has 30 heavy (non-hydrogen) atoms. The fraction of sp³-hybridized carbons (Fsp3) is 0.304. The molecule has 0 unspecified atom stereocenters. The van der Waals surface area contributed by atoms with Crippen molar-refractivity contribution in [3.63, 3.8) is 0 Å². The van der Waals surface area contributed by atoms with Crippen molar-refractivity contribution in [3.05, 3.63) is 59.8 Å². The maximum Gasteiger partial charge on any atom is 0.278 e. The minimum Gasteiger partial charge on any atom is -0.486 e. The summed E-state index contributed by atoms with van der Waals surface area (Å²) in [4.78, 5) is 27.6. The van der Waals surface area contributed by atoms with Crippen LogP contribution >= 0.6 is 0 Å². The lowest BCUT2D eigenvalue weighted by Gasteiger charge is -2.19. The van der Waals surface area contributed by atoms with E-state index in [1.165, 1.54) is 4.90 Å². The lowest BCUT2D eigenvalue weighted by molar-refractivity contribution is -0.137. The second kappa shape index (κ2) is 9.00. The largest absolute Gasteiger partial charge is 0.486 e. The Labute approximate surface area is 175 Å². The molecule has 2 aromatic carbocycles. The molecular formula is C23H24N2O5. The normalized spacial score (nSPS) is 15.7. The quantitative estimate of drug-likeness (QED) is 0.534. The maximum absolute atomic E-state index is 13.1. The van der Waals surface area contributed by atoms with Gasteiger partial charge in [-0.25, -0.2) is 0 Å². The number of carbonyl (C=O) groups is 2. The Hall–Kier alpha value is -3.32. The van der Waals surface area contributed by atoms with Crippen LogP contribution in [0.25, 0.3) is 5.57 Å².